The van der Waals surface area contributed by atoms with Gasteiger partial charge in [0.15, 0.2) is 0 Å². The van der Waals surface area contributed by atoms with Crippen molar-refractivity contribution in [3.63, 3.8) is 0 Å². The molecule has 1 aromatic rings. The molecule has 1 rings (SSSR count). The van der Waals surface area contributed by atoms with E-state index in [0.29, 0.717) is 5.76 Å². The van der Waals surface area contributed by atoms with Gasteiger partial charge in [-0.25, -0.2) is 4.79 Å². The van der Waals surface area contributed by atoms with E-state index in [0.717, 1.165) is 11.3 Å². The maximum absolute atomic E-state index is 11.9. The van der Waals surface area contributed by atoms with E-state index < -0.39 is 0 Å². The van der Waals surface area contributed by atoms with Gasteiger partial charge in [-0.15, -0.1) is 0 Å². The molecule has 2 N–H and O–H groups in total. The molecule has 102 valence electrons. The molecule has 0 aliphatic carbocycles. The Bertz CT molecular complexity index is 397. The molecule has 2 atom stereocenters. The number of urea groups is 1. The predicted octanol–water partition coefficient (Wildman–Crippen LogP) is 1.37. The first-order chi connectivity index (χ1) is 8.38. The molecule has 0 spiro atoms. The van der Waals surface area contributed by atoms with Crippen molar-refractivity contribution in [2.75, 3.05) is 13.7 Å². The van der Waals surface area contributed by atoms with Crippen molar-refractivity contribution in [1.29, 1.82) is 0 Å². The summed E-state index contributed by atoms with van der Waals surface area (Å²) in [6.07, 6.45) is 0. The Morgan fingerprint density at radius 3 is 2.56 bits per heavy atom. The molecule has 0 fully saturated rings. The number of aliphatic hydroxyl groups is 1. The van der Waals surface area contributed by atoms with Crippen LogP contribution in [0.1, 0.15) is 36.9 Å². The summed E-state index contributed by atoms with van der Waals surface area (Å²) in [6, 6.07) is -0.636. The number of hydrogen-bond acceptors (Lipinski definition) is 4. The number of carbonyl (C=O) groups is 1. The van der Waals surface area contributed by atoms with Crippen LogP contribution in [0.15, 0.2) is 4.52 Å². The van der Waals surface area contributed by atoms with Gasteiger partial charge in [-0.2, -0.15) is 0 Å². The maximum Gasteiger partial charge on any atom is 0.317 e. The highest BCUT2D eigenvalue weighted by Crippen LogP contribution is 2.21. The molecule has 0 bridgehead atoms. The number of nitrogens with one attached hydrogen (secondary N) is 1. The Balaban J connectivity index is 2.71. The first-order valence-electron chi connectivity index (χ1n) is 5.95. The van der Waals surface area contributed by atoms with Crippen LogP contribution >= 0.6 is 0 Å². The first kappa shape index (κ1) is 14.5. The van der Waals surface area contributed by atoms with Gasteiger partial charge in [0, 0.05) is 12.6 Å². The summed E-state index contributed by atoms with van der Waals surface area (Å²) >= 11 is 0. The number of likely N-dealkylation sites (N-methyl/N-ethyl adjacent to an activating group) is 1. The topological polar surface area (TPSA) is 78.6 Å². The van der Waals surface area contributed by atoms with Gasteiger partial charge in [0.25, 0.3) is 0 Å². The molecular weight excluding hydrogens is 234 g/mol. The number of carbonyl (C=O) groups excluding carboxylic acids is 1. The Morgan fingerprint density at radius 2 is 2.11 bits per heavy atom. The van der Waals surface area contributed by atoms with Gasteiger partial charge in [0.2, 0.25) is 0 Å². The number of aryl methyl sites for hydroxylation is 2. The summed E-state index contributed by atoms with van der Waals surface area (Å²) in [5.41, 5.74) is 1.67. The molecule has 0 saturated carbocycles. The lowest BCUT2D eigenvalue weighted by molar-refractivity contribution is 0.155. The van der Waals surface area contributed by atoms with Gasteiger partial charge in [0.05, 0.1) is 24.4 Å². The lowest BCUT2D eigenvalue weighted by atomic mass is 10.1. The summed E-state index contributed by atoms with van der Waals surface area (Å²) in [7, 11) is 1.65. The van der Waals surface area contributed by atoms with Gasteiger partial charge in [0.1, 0.15) is 5.76 Å². The van der Waals surface area contributed by atoms with Gasteiger partial charge in [-0.1, -0.05) is 5.16 Å². The van der Waals surface area contributed by atoms with Crippen LogP contribution in [-0.4, -0.2) is 40.9 Å². The number of hydrogen-bond donors (Lipinski definition) is 2. The molecule has 0 radical (unpaired) electrons. The van der Waals surface area contributed by atoms with E-state index >= 15 is 0 Å². The van der Waals surface area contributed by atoms with E-state index in [1.165, 1.54) is 4.90 Å². The minimum atomic E-state index is -0.232. The van der Waals surface area contributed by atoms with Gasteiger partial charge in [-0.3, -0.25) is 0 Å². The number of rotatable bonds is 4. The summed E-state index contributed by atoms with van der Waals surface area (Å²) in [6.45, 7) is 7.25. The minimum Gasteiger partial charge on any atom is -0.394 e. The predicted molar refractivity (Wildman–Crippen MR) is 67.2 cm³/mol. The van der Waals surface area contributed by atoms with Crippen LogP contribution in [0, 0.1) is 13.8 Å². The molecular formula is C12H21N3O3. The second-order valence-electron chi connectivity index (χ2n) is 4.55. The van der Waals surface area contributed by atoms with Gasteiger partial charge >= 0.3 is 6.03 Å². The van der Waals surface area contributed by atoms with Crippen molar-refractivity contribution in [1.82, 2.24) is 15.4 Å². The van der Waals surface area contributed by atoms with Crippen molar-refractivity contribution in [2.45, 2.75) is 39.8 Å². The smallest absolute Gasteiger partial charge is 0.317 e. The molecule has 6 nitrogen and oxygen atoms in total. The molecule has 18 heavy (non-hydrogen) atoms. The van der Waals surface area contributed by atoms with Crippen LogP contribution in [0.2, 0.25) is 0 Å². The Hall–Kier alpha value is -1.56. The van der Waals surface area contributed by atoms with Crippen molar-refractivity contribution < 1.29 is 14.4 Å². The molecule has 0 aliphatic rings. The van der Waals surface area contributed by atoms with Gasteiger partial charge in [-0.05, 0) is 27.7 Å². The van der Waals surface area contributed by atoms with Crippen LogP contribution in [-0.2, 0) is 0 Å². The molecule has 0 aliphatic heterocycles. The molecule has 2 unspecified atom stereocenters. The summed E-state index contributed by atoms with van der Waals surface area (Å²) in [5, 5.41) is 15.7. The van der Waals surface area contributed by atoms with Crippen molar-refractivity contribution in [3.05, 3.63) is 17.0 Å². The zero-order valence-corrected chi connectivity index (χ0v) is 11.5. The first-order valence-corrected chi connectivity index (χ1v) is 5.95. The molecule has 1 heterocycles. The van der Waals surface area contributed by atoms with Crippen LogP contribution in [0.4, 0.5) is 4.79 Å². The van der Waals surface area contributed by atoms with Crippen molar-refractivity contribution in [3.8, 4) is 0 Å². The number of nitrogens with zero attached hydrogens (tertiary/aromatic N) is 2. The van der Waals surface area contributed by atoms with E-state index in [4.69, 9.17) is 9.63 Å². The quantitative estimate of drug-likeness (QED) is 0.851. The average molecular weight is 255 g/mol. The zero-order chi connectivity index (χ0) is 13.9. The fraction of sp³-hybridized carbons (Fsp3) is 0.667. The Morgan fingerprint density at radius 1 is 1.50 bits per heavy atom. The third-order valence-corrected chi connectivity index (χ3v) is 3.11. The van der Waals surface area contributed by atoms with E-state index in [-0.39, 0.29) is 24.7 Å². The zero-order valence-electron chi connectivity index (χ0n) is 11.5. The third-order valence-electron chi connectivity index (χ3n) is 3.11. The number of amides is 2. The maximum atomic E-state index is 11.9. The Labute approximate surface area is 107 Å². The monoisotopic (exact) mass is 255 g/mol. The SMILES string of the molecule is Cc1noc(C)c1C(C)NC(=O)N(C)C(C)CO. The van der Waals surface area contributed by atoms with Crippen LogP contribution < -0.4 is 5.32 Å². The minimum absolute atomic E-state index is 0.0659. The summed E-state index contributed by atoms with van der Waals surface area (Å²) < 4.78 is 5.07. The average Bonchev–Trinajstić information content (AvgIpc) is 2.66. The normalized spacial score (nSPS) is 14.1. The molecule has 1 aromatic heterocycles. The van der Waals surface area contributed by atoms with Gasteiger partial charge < -0.3 is 19.8 Å². The van der Waals surface area contributed by atoms with Crippen molar-refractivity contribution in [2.24, 2.45) is 0 Å². The van der Waals surface area contributed by atoms with Crippen LogP contribution in [0.25, 0.3) is 0 Å². The fourth-order valence-electron chi connectivity index (χ4n) is 1.79. The Kier molecular flexibility index (Phi) is 4.72. The largest absolute Gasteiger partial charge is 0.394 e. The lowest BCUT2D eigenvalue weighted by Gasteiger charge is -2.25. The third kappa shape index (κ3) is 3.01. The molecule has 6 heteroatoms. The van der Waals surface area contributed by atoms with E-state index in [1.54, 1.807) is 14.0 Å². The van der Waals surface area contributed by atoms with Crippen LogP contribution in [0.5, 0.6) is 0 Å². The second kappa shape index (κ2) is 5.86. The fourth-order valence-corrected chi connectivity index (χ4v) is 1.79. The van der Waals surface area contributed by atoms with Crippen molar-refractivity contribution >= 4 is 6.03 Å². The number of aromatic nitrogens is 1. The van der Waals surface area contributed by atoms with Crippen LogP contribution in [0.3, 0.4) is 0 Å². The second-order valence-corrected chi connectivity index (χ2v) is 4.55. The van der Waals surface area contributed by atoms with E-state index in [1.807, 2.05) is 20.8 Å². The number of aliphatic hydroxyl groups excluding tert-OH is 1. The highest BCUT2D eigenvalue weighted by Gasteiger charge is 2.21. The lowest BCUT2D eigenvalue weighted by Crippen LogP contribution is -2.44. The molecule has 0 aromatic carbocycles. The highest BCUT2D eigenvalue weighted by molar-refractivity contribution is 5.74. The molecule has 2 amide bonds. The van der Waals surface area contributed by atoms with E-state index in [2.05, 4.69) is 10.5 Å². The highest BCUT2D eigenvalue weighted by atomic mass is 16.5. The summed E-state index contributed by atoms with van der Waals surface area (Å²) in [5.74, 6) is 0.707. The van der Waals surface area contributed by atoms with E-state index in [9.17, 15) is 4.79 Å². The summed E-state index contributed by atoms with van der Waals surface area (Å²) in [4.78, 5) is 13.4. The standard InChI is InChI=1S/C12H21N3O3/c1-7(6-16)15(5)12(17)13-8(2)11-9(3)14-18-10(11)4/h7-8,16H,6H2,1-5H3,(H,13,17). The molecule has 0 saturated heterocycles.